The summed E-state index contributed by atoms with van der Waals surface area (Å²) < 4.78 is 33.3. The van der Waals surface area contributed by atoms with Crippen molar-refractivity contribution in [3.05, 3.63) is 57.6 Å². The van der Waals surface area contributed by atoms with Crippen LogP contribution in [0.3, 0.4) is 0 Å². The Bertz CT molecular complexity index is 841. The molecule has 4 nitrogen and oxygen atoms in total. The van der Waals surface area contributed by atoms with Crippen molar-refractivity contribution < 1.29 is 18.3 Å². The Labute approximate surface area is 173 Å². The average molecular weight is 431 g/mol. The molecule has 0 aromatic heterocycles. The molecule has 0 aliphatic carbocycles. The first-order chi connectivity index (χ1) is 13.3. The van der Waals surface area contributed by atoms with Gasteiger partial charge in [0.2, 0.25) is 0 Å². The molecular weight excluding hydrogens is 409 g/mol. The average Bonchev–Trinajstić information content (AvgIpc) is 2.68. The summed E-state index contributed by atoms with van der Waals surface area (Å²) in [6, 6.07) is 6.93. The fraction of sp³-hybridized carbons (Fsp3) is 0.350. The number of amides is 1. The molecule has 28 heavy (non-hydrogen) atoms. The number of hydrogen-bond donors (Lipinski definition) is 1. The van der Waals surface area contributed by atoms with Gasteiger partial charge in [-0.2, -0.15) is 0 Å². The molecular formula is C20H22Cl2F2N2O2. The molecule has 0 spiro atoms. The third-order valence-electron chi connectivity index (χ3n) is 4.29. The van der Waals surface area contributed by atoms with Crippen LogP contribution in [0.4, 0.5) is 14.5 Å². The second-order valence-corrected chi connectivity index (χ2v) is 6.84. The third-order valence-corrected chi connectivity index (χ3v) is 4.89. The van der Waals surface area contributed by atoms with Crippen LogP contribution in [-0.2, 0) is 0 Å². The minimum Gasteiger partial charge on any atom is -0.489 e. The van der Waals surface area contributed by atoms with Crippen molar-refractivity contribution in [1.82, 2.24) is 0 Å². The number of carbonyl (C=O) groups is 1. The van der Waals surface area contributed by atoms with Crippen molar-refractivity contribution in [3.63, 3.8) is 0 Å². The molecule has 0 bridgehead atoms. The highest BCUT2D eigenvalue weighted by Gasteiger charge is 2.23. The van der Waals surface area contributed by atoms with Gasteiger partial charge in [0.25, 0.3) is 5.91 Å². The normalized spacial score (nSPS) is 14.3. The van der Waals surface area contributed by atoms with E-state index in [1.165, 1.54) is 18.2 Å². The van der Waals surface area contributed by atoms with E-state index in [2.05, 4.69) is 0 Å². The molecule has 1 heterocycles. The van der Waals surface area contributed by atoms with Crippen LogP contribution in [0.15, 0.2) is 30.3 Å². The van der Waals surface area contributed by atoms with Crippen molar-refractivity contribution in [2.75, 3.05) is 18.0 Å². The molecule has 2 aromatic carbocycles. The Balaban J connectivity index is 0.00000136. The summed E-state index contributed by atoms with van der Waals surface area (Å²) in [5, 5.41) is 0.213. The van der Waals surface area contributed by atoms with Gasteiger partial charge in [0, 0.05) is 37.7 Å². The highest BCUT2D eigenvalue weighted by atomic mass is 35.5. The summed E-state index contributed by atoms with van der Waals surface area (Å²) in [7, 11) is 0. The number of piperidine rings is 1. The van der Waals surface area contributed by atoms with E-state index >= 15 is 0 Å². The summed E-state index contributed by atoms with van der Waals surface area (Å²) in [5.41, 5.74) is 5.56. The first-order valence-corrected chi connectivity index (χ1v) is 9.76. The molecule has 8 heteroatoms. The van der Waals surface area contributed by atoms with Crippen molar-refractivity contribution in [2.24, 2.45) is 5.73 Å². The van der Waals surface area contributed by atoms with E-state index in [-0.39, 0.29) is 27.5 Å². The lowest BCUT2D eigenvalue weighted by Gasteiger charge is -2.34. The molecule has 1 aliphatic heterocycles. The summed E-state index contributed by atoms with van der Waals surface area (Å²) >= 11 is 11.8. The maximum Gasteiger partial charge on any atom is 0.251 e. The number of carbonyl (C=O) groups excluding carboxylic acids is 1. The topological polar surface area (TPSA) is 55.6 Å². The van der Waals surface area contributed by atoms with Gasteiger partial charge in [-0.15, -0.1) is 0 Å². The van der Waals surface area contributed by atoms with E-state index in [4.69, 9.17) is 33.7 Å². The van der Waals surface area contributed by atoms with E-state index in [9.17, 15) is 13.6 Å². The predicted molar refractivity (Wildman–Crippen MR) is 109 cm³/mol. The zero-order valence-corrected chi connectivity index (χ0v) is 17.2. The number of primary amides is 1. The molecule has 0 saturated carbocycles. The molecule has 2 N–H and O–H groups in total. The Morgan fingerprint density at radius 3 is 2.29 bits per heavy atom. The molecule has 1 aliphatic rings. The molecule has 1 fully saturated rings. The molecule has 0 radical (unpaired) electrons. The van der Waals surface area contributed by atoms with Gasteiger partial charge < -0.3 is 15.4 Å². The molecule has 0 unspecified atom stereocenters. The van der Waals surface area contributed by atoms with E-state index in [0.29, 0.717) is 25.9 Å². The molecule has 3 rings (SSSR count). The monoisotopic (exact) mass is 430 g/mol. The maximum absolute atomic E-state index is 13.9. The van der Waals surface area contributed by atoms with Crippen molar-refractivity contribution in [2.45, 2.75) is 32.8 Å². The standard InChI is InChI=1S/C18H16Cl2F2N2O2.C2H6/c19-13-2-1-10(7-16(13)22)24-5-3-11(4-6-24)26-17-9-15(21)12(18(23)25)8-14(17)20;1-2/h1-2,7-9,11H,3-6H2,(H2,23,25);1-2H3. The number of nitrogens with two attached hydrogens (primary N) is 1. The van der Waals surface area contributed by atoms with Gasteiger partial charge in [0.1, 0.15) is 23.5 Å². The number of hydrogen-bond acceptors (Lipinski definition) is 3. The quantitative estimate of drug-likeness (QED) is 0.701. The number of ether oxygens (including phenoxy) is 1. The van der Waals surface area contributed by atoms with Crippen LogP contribution in [0.5, 0.6) is 5.75 Å². The minimum atomic E-state index is -0.889. The van der Waals surface area contributed by atoms with Crippen LogP contribution >= 0.6 is 23.2 Å². The minimum absolute atomic E-state index is 0.0862. The van der Waals surface area contributed by atoms with Crippen LogP contribution in [-0.4, -0.2) is 25.1 Å². The Kier molecular flexibility index (Phi) is 7.89. The first-order valence-electron chi connectivity index (χ1n) is 9.00. The lowest BCUT2D eigenvalue weighted by molar-refractivity contribution is 0.0996. The smallest absolute Gasteiger partial charge is 0.251 e. The largest absolute Gasteiger partial charge is 0.489 e. The van der Waals surface area contributed by atoms with Gasteiger partial charge >= 0.3 is 0 Å². The summed E-state index contributed by atoms with van der Waals surface area (Å²) in [6.45, 7) is 5.29. The lowest BCUT2D eigenvalue weighted by Crippen LogP contribution is -2.38. The van der Waals surface area contributed by atoms with E-state index < -0.39 is 17.5 Å². The lowest BCUT2D eigenvalue weighted by atomic mass is 10.1. The highest BCUT2D eigenvalue weighted by molar-refractivity contribution is 6.32. The number of benzene rings is 2. The second kappa shape index (κ2) is 9.94. The third kappa shape index (κ3) is 5.26. The van der Waals surface area contributed by atoms with Crippen molar-refractivity contribution >= 4 is 34.8 Å². The fourth-order valence-electron chi connectivity index (χ4n) is 2.90. The summed E-state index contributed by atoms with van der Waals surface area (Å²) in [6.07, 6.45) is 1.14. The van der Waals surface area contributed by atoms with Gasteiger partial charge in [0.05, 0.1) is 15.6 Å². The second-order valence-electron chi connectivity index (χ2n) is 6.03. The van der Waals surface area contributed by atoms with Crippen LogP contribution < -0.4 is 15.4 Å². The first kappa shape index (κ1) is 22.2. The summed E-state index contributed by atoms with van der Waals surface area (Å²) in [4.78, 5) is 13.2. The molecule has 1 saturated heterocycles. The maximum atomic E-state index is 13.9. The van der Waals surface area contributed by atoms with Crippen molar-refractivity contribution in [1.29, 1.82) is 0 Å². The van der Waals surface area contributed by atoms with Crippen molar-refractivity contribution in [3.8, 4) is 5.75 Å². The highest BCUT2D eigenvalue weighted by Crippen LogP contribution is 2.31. The van der Waals surface area contributed by atoms with Gasteiger partial charge in [-0.05, 0) is 24.3 Å². The zero-order chi connectivity index (χ0) is 20.8. The number of rotatable bonds is 4. The van der Waals surface area contributed by atoms with E-state index in [0.717, 1.165) is 11.8 Å². The van der Waals surface area contributed by atoms with Crippen LogP contribution in [0.1, 0.15) is 37.0 Å². The number of halogens is 4. The van der Waals surface area contributed by atoms with Gasteiger partial charge in [-0.1, -0.05) is 37.0 Å². The van der Waals surface area contributed by atoms with Gasteiger partial charge in [-0.25, -0.2) is 8.78 Å². The fourth-order valence-corrected chi connectivity index (χ4v) is 3.23. The number of anilines is 1. The van der Waals surface area contributed by atoms with Crippen LogP contribution in [0.25, 0.3) is 0 Å². The SMILES string of the molecule is CC.NC(=O)c1cc(Cl)c(OC2CCN(c3ccc(Cl)c(F)c3)CC2)cc1F. The molecule has 0 atom stereocenters. The zero-order valence-electron chi connectivity index (χ0n) is 15.6. The molecule has 1 amide bonds. The Hall–Kier alpha value is -2.05. The Morgan fingerprint density at radius 1 is 1.07 bits per heavy atom. The molecule has 2 aromatic rings. The van der Waals surface area contributed by atoms with Crippen LogP contribution in [0.2, 0.25) is 10.0 Å². The van der Waals surface area contributed by atoms with Gasteiger partial charge in [0.15, 0.2) is 0 Å². The van der Waals surface area contributed by atoms with Gasteiger partial charge in [-0.3, -0.25) is 4.79 Å². The predicted octanol–water partition coefficient (Wildman–Crippen LogP) is 5.44. The Morgan fingerprint density at radius 2 is 1.71 bits per heavy atom. The van der Waals surface area contributed by atoms with E-state index in [1.54, 1.807) is 6.07 Å². The van der Waals surface area contributed by atoms with E-state index in [1.807, 2.05) is 18.7 Å². The molecule has 152 valence electrons. The van der Waals surface area contributed by atoms with Crippen LogP contribution in [0, 0.1) is 11.6 Å². The summed E-state index contributed by atoms with van der Waals surface area (Å²) in [5.74, 6) is -1.95. The number of nitrogens with zero attached hydrogens (tertiary/aromatic N) is 1.